The van der Waals surface area contributed by atoms with E-state index in [1.807, 2.05) is 54.7 Å². The molecule has 3 heterocycles. The molecule has 0 radical (unpaired) electrons. The number of hydrogen-bond acceptors (Lipinski definition) is 4. The minimum atomic E-state index is -0.346. The Kier molecular flexibility index (Phi) is 7.89. The summed E-state index contributed by atoms with van der Waals surface area (Å²) in [5.74, 6) is 0.828. The summed E-state index contributed by atoms with van der Waals surface area (Å²) in [5, 5.41) is 13.3. The summed E-state index contributed by atoms with van der Waals surface area (Å²) in [6, 6.07) is 60.2. The van der Waals surface area contributed by atoms with Crippen molar-refractivity contribution in [3.05, 3.63) is 193 Å². The Morgan fingerprint density at radius 1 is 0.554 bits per heavy atom. The summed E-state index contributed by atoms with van der Waals surface area (Å²) < 4.78 is 8.52. The van der Waals surface area contributed by atoms with Crippen molar-refractivity contribution in [1.29, 1.82) is 0 Å². The zero-order chi connectivity index (χ0) is 37.8. The molecule has 3 aromatic heterocycles. The number of benzene rings is 7. The third-order valence-electron chi connectivity index (χ3n) is 11.1. The molecular weight excluding hydrogens is 687 g/mol. The molecule has 10 aromatic rings. The molecule has 0 fully saturated rings. The minimum absolute atomic E-state index is 0.170. The summed E-state index contributed by atoms with van der Waals surface area (Å²) >= 11 is 0. The fourth-order valence-electron chi connectivity index (χ4n) is 8.14. The maximum absolute atomic E-state index is 11.3. The van der Waals surface area contributed by atoms with E-state index in [4.69, 9.17) is 14.4 Å². The van der Waals surface area contributed by atoms with Gasteiger partial charge in [-0.25, -0.2) is 4.98 Å². The number of furan rings is 1. The van der Waals surface area contributed by atoms with Crippen molar-refractivity contribution in [3.63, 3.8) is 0 Å². The van der Waals surface area contributed by atoms with Gasteiger partial charge >= 0.3 is 0 Å². The van der Waals surface area contributed by atoms with Gasteiger partial charge < -0.3 is 9.52 Å². The maximum Gasteiger partial charge on any atom is 0.149 e. The first-order valence-corrected chi connectivity index (χ1v) is 18.9. The van der Waals surface area contributed by atoms with Gasteiger partial charge in [-0.2, -0.15) is 0 Å². The number of fused-ring (bicyclic) bond motifs is 4. The van der Waals surface area contributed by atoms with Crippen molar-refractivity contribution in [2.24, 2.45) is 0 Å². The van der Waals surface area contributed by atoms with E-state index in [0.717, 1.165) is 77.7 Å². The molecule has 0 aliphatic heterocycles. The second kappa shape index (κ2) is 13.3. The smallest absolute Gasteiger partial charge is 0.149 e. The number of phenolic OH excluding ortho intramolecular Hbond substituents is 1. The van der Waals surface area contributed by atoms with E-state index >= 15 is 0 Å². The molecule has 0 unspecified atom stereocenters. The van der Waals surface area contributed by atoms with Crippen molar-refractivity contribution >= 4 is 33.0 Å². The Morgan fingerprint density at radius 2 is 1.23 bits per heavy atom. The Bertz CT molecular complexity index is 3070. The molecule has 0 bridgehead atoms. The Labute approximate surface area is 324 Å². The van der Waals surface area contributed by atoms with Crippen molar-refractivity contribution in [3.8, 4) is 56.3 Å². The number of rotatable bonds is 7. The molecule has 10 rings (SSSR count). The van der Waals surface area contributed by atoms with E-state index in [-0.39, 0.29) is 11.2 Å². The number of hydrogen-bond donors (Lipinski definition) is 1. The minimum Gasteiger partial charge on any atom is -0.507 e. The highest BCUT2D eigenvalue weighted by Gasteiger charge is 2.27. The van der Waals surface area contributed by atoms with Gasteiger partial charge in [-0.3, -0.25) is 9.55 Å². The summed E-state index contributed by atoms with van der Waals surface area (Å²) in [6.45, 7) is 4.55. The number of imidazole rings is 1. The van der Waals surface area contributed by atoms with E-state index < -0.39 is 0 Å². The number of nitrogens with zero attached hydrogens (tertiary/aromatic N) is 3. The van der Waals surface area contributed by atoms with Crippen LogP contribution in [0.2, 0.25) is 0 Å². The van der Waals surface area contributed by atoms with Crippen LogP contribution in [-0.2, 0) is 5.41 Å². The van der Waals surface area contributed by atoms with Gasteiger partial charge in [0.25, 0.3) is 0 Å². The van der Waals surface area contributed by atoms with E-state index in [1.54, 1.807) is 6.07 Å². The SMILES string of the molecule is CC(C)(c1ccccc1)c1cc(-c2cccc3c2nc(-c2ccccc2O)n3-c2ccccc2-c2ccccc2)cc(-c2nccc3oc4ccccc4c23)c1. The van der Waals surface area contributed by atoms with Gasteiger partial charge in [-0.05, 0) is 70.8 Å². The summed E-state index contributed by atoms with van der Waals surface area (Å²) in [5.41, 5.74) is 13.0. The van der Waals surface area contributed by atoms with Crippen molar-refractivity contribution < 1.29 is 9.52 Å². The molecule has 0 aliphatic carbocycles. The predicted octanol–water partition coefficient (Wildman–Crippen LogP) is 13.0. The number of aromatic hydroxyl groups is 1. The molecule has 5 nitrogen and oxygen atoms in total. The molecule has 1 N–H and O–H groups in total. The molecule has 56 heavy (non-hydrogen) atoms. The number of aromatic nitrogens is 3. The predicted molar refractivity (Wildman–Crippen MR) is 228 cm³/mol. The second-order valence-electron chi connectivity index (χ2n) is 14.8. The number of para-hydroxylation sites is 4. The molecule has 0 aliphatic rings. The fraction of sp³-hybridized carbons (Fsp3) is 0.0588. The molecule has 0 amide bonds. The largest absolute Gasteiger partial charge is 0.507 e. The first-order valence-electron chi connectivity index (χ1n) is 18.9. The van der Waals surface area contributed by atoms with Crippen LogP contribution in [0.3, 0.4) is 0 Å². The highest BCUT2D eigenvalue weighted by Crippen LogP contribution is 2.44. The van der Waals surface area contributed by atoms with Crippen LogP contribution in [0, 0.1) is 0 Å². The fourth-order valence-corrected chi connectivity index (χ4v) is 8.14. The highest BCUT2D eigenvalue weighted by atomic mass is 16.3. The zero-order valence-corrected chi connectivity index (χ0v) is 31.0. The first kappa shape index (κ1) is 33.3. The van der Waals surface area contributed by atoms with Crippen LogP contribution in [-0.4, -0.2) is 19.6 Å². The van der Waals surface area contributed by atoms with E-state index in [9.17, 15) is 5.11 Å². The van der Waals surface area contributed by atoms with Crippen LogP contribution >= 0.6 is 0 Å². The monoisotopic (exact) mass is 723 g/mol. The molecule has 5 heteroatoms. The lowest BCUT2D eigenvalue weighted by Crippen LogP contribution is -2.19. The molecule has 7 aromatic carbocycles. The van der Waals surface area contributed by atoms with Gasteiger partial charge in [0, 0.05) is 33.7 Å². The van der Waals surface area contributed by atoms with E-state index in [1.165, 1.54) is 5.56 Å². The Hall–Kier alpha value is -7.24. The molecule has 0 atom stereocenters. The summed E-state index contributed by atoms with van der Waals surface area (Å²) in [7, 11) is 0. The molecular formula is C51H37N3O2. The molecule has 0 saturated heterocycles. The average Bonchev–Trinajstić information content (AvgIpc) is 3.83. The Morgan fingerprint density at radius 3 is 2.05 bits per heavy atom. The second-order valence-corrected chi connectivity index (χ2v) is 14.8. The first-order chi connectivity index (χ1) is 27.5. The van der Waals surface area contributed by atoms with Crippen LogP contribution in [0.15, 0.2) is 187 Å². The van der Waals surface area contributed by atoms with Gasteiger partial charge in [0.15, 0.2) is 0 Å². The van der Waals surface area contributed by atoms with Crippen LogP contribution < -0.4 is 0 Å². The van der Waals surface area contributed by atoms with Crippen LogP contribution in [0.5, 0.6) is 5.75 Å². The lowest BCUT2D eigenvalue weighted by atomic mass is 9.76. The molecule has 268 valence electrons. The third-order valence-corrected chi connectivity index (χ3v) is 11.1. The van der Waals surface area contributed by atoms with Crippen molar-refractivity contribution in [2.45, 2.75) is 19.3 Å². The lowest BCUT2D eigenvalue weighted by Gasteiger charge is -2.27. The van der Waals surface area contributed by atoms with E-state index in [2.05, 4.69) is 140 Å². The quantitative estimate of drug-likeness (QED) is 0.178. The molecule has 0 saturated carbocycles. The maximum atomic E-state index is 11.3. The topological polar surface area (TPSA) is 64.1 Å². The normalized spacial score (nSPS) is 11.8. The van der Waals surface area contributed by atoms with Crippen molar-refractivity contribution in [2.75, 3.05) is 0 Å². The summed E-state index contributed by atoms with van der Waals surface area (Å²) in [4.78, 5) is 10.5. The van der Waals surface area contributed by atoms with Gasteiger partial charge in [0.2, 0.25) is 0 Å². The third kappa shape index (κ3) is 5.47. The lowest BCUT2D eigenvalue weighted by molar-refractivity contribution is 0.477. The summed E-state index contributed by atoms with van der Waals surface area (Å²) in [6.07, 6.45) is 1.83. The zero-order valence-electron chi connectivity index (χ0n) is 31.0. The Balaban J connectivity index is 1.27. The van der Waals surface area contributed by atoms with Crippen LogP contribution in [0.1, 0.15) is 25.0 Å². The van der Waals surface area contributed by atoms with Gasteiger partial charge in [0.1, 0.15) is 22.7 Å². The average molecular weight is 724 g/mol. The van der Waals surface area contributed by atoms with Crippen molar-refractivity contribution in [1.82, 2.24) is 14.5 Å². The van der Waals surface area contributed by atoms with Gasteiger partial charge in [0.05, 0.1) is 33.4 Å². The molecule has 0 spiro atoms. The van der Waals surface area contributed by atoms with Gasteiger partial charge in [-0.15, -0.1) is 0 Å². The highest BCUT2D eigenvalue weighted by molar-refractivity contribution is 6.11. The number of pyridine rings is 1. The standard InChI is InChI=1S/C51H37N3O2/c1-51(2,36-18-7-4-8-19-36)37-31-34(30-35(32-37)48-47-41-22-11-14-27-45(41)56-46(47)28-29-52-48)39-23-15-25-43-49(39)53-50(40-21-10-13-26-44(40)55)54(43)42-24-12-9-20-38(42)33-16-5-3-6-17-33/h3-32,55H,1-2H3. The van der Waals surface area contributed by atoms with E-state index in [0.29, 0.717) is 11.4 Å². The van der Waals surface area contributed by atoms with Gasteiger partial charge in [-0.1, -0.05) is 141 Å². The number of phenols is 1. The van der Waals surface area contributed by atoms with Crippen LogP contribution in [0.4, 0.5) is 0 Å². The van der Waals surface area contributed by atoms with Crippen LogP contribution in [0.25, 0.3) is 83.6 Å².